The molecule has 0 bridgehead atoms. The van der Waals surface area contributed by atoms with Crippen LogP contribution in [0.2, 0.25) is 0 Å². The minimum Gasteiger partial charge on any atom is -0.478 e. The maximum absolute atomic E-state index is 12.8. The summed E-state index contributed by atoms with van der Waals surface area (Å²) >= 11 is 0. The van der Waals surface area contributed by atoms with Gasteiger partial charge in [0.15, 0.2) is 0 Å². The van der Waals surface area contributed by atoms with Crippen molar-refractivity contribution >= 4 is 5.97 Å². The predicted octanol–water partition coefficient (Wildman–Crippen LogP) is 2.14. The van der Waals surface area contributed by atoms with Gasteiger partial charge in [0, 0.05) is 6.20 Å². The Labute approximate surface area is 91.1 Å². The third-order valence-corrected chi connectivity index (χ3v) is 1.85. The molecule has 0 atom stereocenters. The molecule has 0 spiro atoms. The van der Waals surface area contributed by atoms with E-state index in [9.17, 15) is 26.7 Å². The van der Waals surface area contributed by atoms with Gasteiger partial charge in [0.1, 0.15) is 0 Å². The molecule has 0 unspecified atom stereocenters. The maximum atomic E-state index is 12.8. The van der Waals surface area contributed by atoms with Crippen LogP contribution in [-0.2, 0) is 5.92 Å². The van der Waals surface area contributed by atoms with Gasteiger partial charge in [-0.05, 0) is 6.92 Å². The molecule has 0 saturated carbocycles. The third kappa shape index (κ3) is 2.32. The number of carboxylic acids is 1. The van der Waals surface area contributed by atoms with Crippen LogP contribution >= 0.6 is 0 Å². The van der Waals surface area contributed by atoms with Gasteiger partial charge in [0.05, 0.1) is 11.3 Å². The zero-order chi connectivity index (χ0) is 13.4. The molecular weight excluding hydrogens is 251 g/mol. The van der Waals surface area contributed by atoms with Crippen LogP contribution < -0.4 is 0 Å². The van der Waals surface area contributed by atoms with Crippen molar-refractivity contribution in [3.8, 4) is 0 Å². The number of hydrogen-bond acceptors (Lipinski definition) is 3. The van der Waals surface area contributed by atoms with Crippen LogP contribution in [0.25, 0.3) is 0 Å². The predicted molar refractivity (Wildman–Crippen MR) is 43.7 cm³/mol. The zero-order valence-corrected chi connectivity index (χ0v) is 8.22. The van der Waals surface area contributed by atoms with E-state index in [1.54, 1.807) is 0 Å². The van der Waals surface area contributed by atoms with Gasteiger partial charge in [-0.15, -0.1) is 0 Å². The quantitative estimate of drug-likeness (QED) is 0.823. The van der Waals surface area contributed by atoms with E-state index in [1.807, 2.05) is 0 Å². The summed E-state index contributed by atoms with van der Waals surface area (Å²) in [4.78, 5) is 16.1. The number of carboxylic acid groups (broad SMARTS) is 1. The standard InChI is InChI=1S/C8H5F5N2O2/c1-3-4(5(16)17)2-14-6(15-3)7(9,10)8(11,12)13/h2H,1H3,(H,16,17). The van der Waals surface area contributed by atoms with Crippen LogP contribution in [0.1, 0.15) is 21.9 Å². The van der Waals surface area contributed by atoms with Gasteiger partial charge in [-0.25, -0.2) is 14.8 Å². The molecule has 0 aliphatic rings. The summed E-state index contributed by atoms with van der Waals surface area (Å²) in [7, 11) is 0. The number of rotatable bonds is 2. The molecule has 0 aromatic carbocycles. The highest BCUT2D eigenvalue weighted by atomic mass is 19.4. The number of aromatic carboxylic acids is 1. The first-order valence-electron chi connectivity index (χ1n) is 4.09. The molecule has 17 heavy (non-hydrogen) atoms. The summed E-state index contributed by atoms with van der Waals surface area (Å²) in [5, 5.41) is 8.53. The first-order chi connectivity index (χ1) is 7.57. The number of aromatic nitrogens is 2. The van der Waals surface area contributed by atoms with Crippen molar-refractivity contribution < 1.29 is 31.9 Å². The topological polar surface area (TPSA) is 63.1 Å². The molecule has 0 fully saturated rings. The molecule has 0 aliphatic heterocycles. The number of halogens is 5. The van der Waals surface area contributed by atoms with E-state index in [0.717, 1.165) is 6.92 Å². The van der Waals surface area contributed by atoms with Crippen molar-refractivity contribution in [3.63, 3.8) is 0 Å². The lowest BCUT2D eigenvalue weighted by Gasteiger charge is -2.18. The minimum atomic E-state index is -5.83. The lowest BCUT2D eigenvalue weighted by atomic mass is 10.2. The number of alkyl halides is 5. The fourth-order valence-corrected chi connectivity index (χ4v) is 0.955. The SMILES string of the molecule is Cc1nc(C(F)(F)C(F)(F)F)ncc1C(=O)O. The Hall–Kier alpha value is -1.80. The normalized spacial score (nSPS) is 12.6. The molecule has 1 heterocycles. The van der Waals surface area contributed by atoms with E-state index in [2.05, 4.69) is 9.97 Å². The van der Waals surface area contributed by atoms with Crippen LogP contribution in [0, 0.1) is 6.92 Å². The number of carbonyl (C=O) groups is 1. The van der Waals surface area contributed by atoms with E-state index in [1.165, 1.54) is 0 Å². The molecule has 4 nitrogen and oxygen atoms in total. The van der Waals surface area contributed by atoms with Crippen LogP contribution in [0.15, 0.2) is 6.20 Å². The largest absolute Gasteiger partial charge is 0.478 e. The summed E-state index contributed by atoms with van der Waals surface area (Å²) in [5.74, 6) is -8.49. The van der Waals surface area contributed by atoms with Crippen LogP contribution in [0.5, 0.6) is 0 Å². The second-order valence-electron chi connectivity index (χ2n) is 3.07. The van der Waals surface area contributed by atoms with Crippen molar-refractivity contribution in [3.05, 3.63) is 23.3 Å². The average Bonchev–Trinajstić information content (AvgIpc) is 2.14. The van der Waals surface area contributed by atoms with Crippen molar-refractivity contribution in [2.75, 3.05) is 0 Å². The molecule has 0 radical (unpaired) electrons. The number of aryl methyl sites for hydroxylation is 1. The van der Waals surface area contributed by atoms with Crippen molar-refractivity contribution in [1.82, 2.24) is 9.97 Å². The van der Waals surface area contributed by atoms with E-state index in [0.29, 0.717) is 6.20 Å². The Morgan fingerprint density at radius 3 is 2.18 bits per heavy atom. The fourth-order valence-electron chi connectivity index (χ4n) is 0.955. The molecule has 94 valence electrons. The molecule has 9 heteroatoms. The summed E-state index contributed by atoms with van der Waals surface area (Å²) in [5.41, 5.74) is -1.00. The van der Waals surface area contributed by atoms with E-state index in [4.69, 9.17) is 5.11 Å². The van der Waals surface area contributed by atoms with Crippen molar-refractivity contribution in [2.24, 2.45) is 0 Å². The van der Waals surface area contributed by atoms with Crippen LogP contribution in [-0.4, -0.2) is 27.2 Å². The van der Waals surface area contributed by atoms with Gasteiger partial charge in [-0.2, -0.15) is 22.0 Å². The third-order valence-electron chi connectivity index (χ3n) is 1.85. The molecule has 1 N–H and O–H groups in total. The number of hydrogen-bond donors (Lipinski definition) is 1. The smallest absolute Gasteiger partial charge is 0.461 e. The Balaban J connectivity index is 3.28. The highest BCUT2D eigenvalue weighted by Crippen LogP contribution is 2.42. The van der Waals surface area contributed by atoms with E-state index >= 15 is 0 Å². The molecule has 0 amide bonds. The zero-order valence-electron chi connectivity index (χ0n) is 8.22. The summed E-state index contributed by atoms with van der Waals surface area (Å²) in [6.07, 6.45) is -5.41. The molecule has 1 rings (SSSR count). The molecule has 1 aromatic rings. The first kappa shape index (κ1) is 13.3. The molecular formula is C8H5F5N2O2. The van der Waals surface area contributed by atoms with E-state index in [-0.39, 0.29) is 0 Å². The van der Waals surface area contributed by atoms with Gasteiger partial charge < -0.3 is 5.11 Å². The van der Waals surface area contributed by atoms with Gasteiger partial charge in [-0.3, -0.25) is 0 Å². The Bertz CT molecular complexity index is 458. The highest BCUT2D eigenvalue weighted by Gasteiger charge is 2.61. The van der Waals surface area contributed by atoms with Gasteiger partial charge >= 0.3 is 18.1 Å². The Morgan fingerprint density at radius 2 is 1.82 bits per heavy atom. The van der Waals surface area contributed by atoms with Crippen molar-refractivity contribution in [2.45, 2.75) is 19.0 Å². The van der Waals surface area contributed by atoms with E-state index < -0.39 is 35.1 Å². The van der Waals surface area contributed by atoms with Gasteiger partial charge in [0.25, 0.3) is 0 Å². The van der Waals surface area contributed by atoms with Gasteiger partial charge in [-0.1, -0.05) is 0 Å². The molecule has 0 aliphatic carbocycles. The van der Waals surface area contributed by atoms with Crippen molar-refractivity contribution in [1.29, 1.82) is 0 Å². The molecule has 1 aromatic heterocycles. The first-order valence-corrected chi connectivity index (χ1v) is 4.09. The monoisotopic (exact) mass is 256 g/mol. The van der Waals surface area contributed by atoms with Crippen LogP contribution in [0.4, 0.5) is 22.0 Å². The lowest BCUT2D eigenvalue weighted by Crippen LogP contribution is -2.35. The summed E-state index contributed by atoms with van der Waals surface area (Å²) < 4.78 is 61.4. The summed E-state index contributed by atoms with van der Waals surface area (Å²) in [6, 6.07) is 0. The summed E-state index contributed by atoms with van der Waals surface area (Å²) in [6.45, 7) is 1.00. The second-order valence-corrected chi connectivity index (χ2v) is 3.07. The minimum absolute atomic E-state index is 0.416. The highest BCUT2D eigenvalue weighted by molar-refractivity contribution is 5.88. The Kier molecular flexibility index (Phi) is 3.04. The maximum Gasteiger partial charge on any atom is 0.461 e. The van der Waals surface area contributed by atoms with Crippen LogP contribution in [0.3, 0.4) is 0 Å². The Morgan fingerprint density at radius 1 is 1.29 bits per heavy atom. The average molecular weight is 256 g/mol. The second kappa shape index (κ2) is 3.90. The molecule has 0 saturated heterocycles. The lowest BCUT2D eigenvalue weighted by molar-refractivity contribution is -0.292. The number of nitrogens with zero attached hydrogens (tertiary/aromatic N) is 2. The fraction of sp³-hybridized carbons (Fsp3) is 0.375. The van der Waals surface area contributed by atoms with Gasteiger partial charge in [0.2, 0.25) is 5.82 Å².